The Kier molecular flexibility index (Phi) is 4.51. The van der Waals surface area contributed by atoms with Crippen molar-refractivity contribution >= 4 is 39.1 Å². The molecule has 0 bridgehead atoms. The van der Waals surface area contributed by atoms with E-state index in [1.165, 1.54) is 0 Å². The first-order valence-corrected chi connectivity index (χ1v) is 6.76. The smallest absolute Gasteiger partial charge is 0.147 e. The average Bonchev–Trinajstić information content (AvgIpc) is 2.33. The van der Waals surface area contributed by atoms with Gasteiger partial charge in [0, 0.05) is 22.1 Å². The van der Waals surface area contributed by atoms with Gasteiger partial charge in [-0.15, -0.1) is 0 Å². The summed E-state index contributed by atoms with van der Waals surface area (Å²) in [5, 5.41) is 1.08. The van der Waals surface area contributed by atoms with Crippen molar-refractivity contribution in [2.45, 2.75) is 6.54 Å². The molecular weight excluding hydrogens is 337 g/mol. The molecule has 0 spiro atoms. The minimum Gasteiger partial charge on any atom is -0.456 e. The van der Waals surface area contributed by atoms with Crippen molar-refractivity contribution < 1.29 is 4.74 Å². The Labute approximate surface area is 124 Å². The highest BCUT2D eigenvalue weighted by Gasteiger charge is 2.06. The standard InChI is InChI=1S/C13H10BrCl2NO/c14-9-3-8(7-17)4-11(5-9)18-13-6-10(15)1-2-12(13)16/h1-6H,7,17H2. The fourth-order valence-electron chi connectivity index (χ4n) is 1.48. The highest BCUT2D eigenvalue weighted by molar-refractivity contribution is 9.10. The molecule has 0 amide bonds. The molecule has 0 unspecified atom stereocenters. The van der Waals surface area contributed by atoms with Crippen LogP contribution < -0.4 is 10.5 Å². The van der Waals surface area contributed by atoms with Crippen LogP contribution in [0.1, 0.15) is 5.56 Å². The van der Waals surface area contributed by atoms with Crippen LogP contribution in [-0.2, 0) is 6.54 Å². The molecule has 0 radical (unpaired) electrons. The molecule has 0 aliphatic rings. The summed E-state index contributed by atoms with van der Waals surface area (Å²) in [7, 11) is 0. The number of halogens is 3. The number of benzene rings is 2. The fraction of sp³-hybridized carbons (Fsp3) is 0.0769. The summed E-state index contributed by atoms with van der Waals surface area (Å²) in [6.07, 6.45) is 0. The molecule has 0 aliphatic heterocycles. The van der Waals surface area contributed by atoms with Crippen molar-refractivity contribution in [3.05, 3.63) is 56.5 Å². The number of nitrogens with two attached hydrogens (primary N) is 1. The molecule has 0 aliphatic carbocycles. The monoisotopic (exact) mass is 345 g/mol. The first-order chi connectivity index (χ1) is 8.58. The predicted octanol–water partition coefficient (Wildman–Crippen LogP) is 5.01. The molecule has 2 aromatic rings. The number of ether oxygens (including phenoxy) is 1. The summed E-state index contributed by atoms with van der Waals surface area (Å²) < 4.78 is 6.61. The van der Waals surface area contributed by atoms with Gasteiger partial charge < -0.3 is 10.5 Å². The third-order valence-corrected chi connectivity index (χ3v) is 3.29. The fourth-order valence-corrected chi connectivity index (χ4v) is 2.32. The van der Waals surface area contributed by atoms with E-state index in [4.69, 9.17) is 33.7 Å². The number of hydrogen-bond acceptors (Lipinski definition) is 2. The van der Waals surface area contributed by atoms with E-state index in [-0.39, 0.29) is 0 Å². The molecule has 0 aromatic heterocycles. The van der Waals surface area contributed by atoms with Crippen LogP contribution in [0, 0.1) is 0 Å². The van der Waals surface area contributed by atoms with Gasteiger partial charge in [-0.2, -0.15) is 0 Å². The zero-order valence-corrected chi connectivity index (χ0v) is 12.4. The van der Waals surface area contributed by atoms with Gasteiger partial charge in [-0.1, -0.05) is 39.1 Å². The molecular formula is C13H10BrCl2NO. The average molecular weight is 347 g/mol. The zero-order chi connectivity index (χ0) is 13.1. The Bertz CT molecular complexity index is 575. The van der Waals surface area contributed by atoms with Crippen LogP contribution >= 0.6 is 39.1 Å². The maximum Gasteiger partial charge on any atom is 0.147 e. The largest absolute Gasteiger partial charge is 0.456 e. The highest BCUT2D eigenvalue weighted by Crippen LogP contribution is 2.33. The van der Waals surface area contributed by atoms with Gasteiger partial charge in [0.1, 0.15) is 11.5 Å². The van der Waals surface area contributed by atoms with Crippen LogP contribution in [0.25, 0.3) is 0 Å². The van der Waals surface area contributed by atoms with Crippen LogP contribution in [0.15, 0.2) is 40.9 Å². The highest BCUT2D eigenvalue weighted by atomic mass is 79.9. The van der Waals surface area contributed by atoms with Crippen LogP contribution in [0.4, 0.5) is 0 Å². The van der Waals surface area contributed by atoms with E-state index in [9.17, 15) is 0 Å². The third kappa shape index (κ3) is 3.39. The molecule has 0 atom stereocenters. The number of hydrogen-bond donors (Lipinski definition) is 1. The van der Waals surface area contributed by atoms with E-state index in [0.29, 0.717) is 28.1 Å². The Morgan fingerprint density at radius 2 is 1.89 bits per heavy atom. The van der Waals surface area contributed by atoms with Gasteiger partial charge in [0.25, 0.3) is 0 Å². The van der Waals surface area contributed by atoms with Crippen molar-refractivity contribution in [1.82, 2.24) is 0 Å². The maximum absolute atomic E-state index is 6.04. The van der Waals surface area contributed by atoms with Crippen LogP contribution in [0.5, 0.6) is 11.5 Å². The molecule has 2 rings (SSSR count). The Balaban J connectivity index is 2.33. The van der Waals surface area contributed by atoms with Gasteiger partial charge in [0.2, 0.25) is 0 Å². The van der Waals surface area contributed by atoms with Gasteiger partial charge in [0.05, 0.1) is 5.02 Å². The van der Waals surface area contributed by atoms with Crippen LogP contribution in [-0.4, -0.2) is 0 Å². The first kappa shape index (κ1) is 13.7. The molecule has 2 nitrogen and oxygen atoms in total. The van der Waals surface area contributed by atoms with Gasteiger partial charge in [-0.25, -0.2) is 0 Å². The van der Waals surface area contributed by atoms with Gasteiger partial charge in [0.15, 0.2) is 0 Å². The van der Waals surface area contributed by atoms with Crippen molar-refractivity contribution in [2.75, 3.05) is 0 Å². The second kappa shape index (κ2) is 5.93. The van der Waals surface area contributed by atoms with Crippen molar-refractivity contribution in [1.29, 1.82) is 0 Å². The maximum atomic E-state index is 6.04. The van der Waals surface area contributed by atoms with Gasteiger partial charge in [-0.3, -0.25) is 0 Å². The van der Waals surface area contributed by atoms with Gasteiger partial charge in [-0.05, 0) is 35.9 Å². The van der Waals surface area contributed by atoms with Crippen LogP contribution in [0.3, 0.4) is 0 Å². The Morgan fingerprint density at radius 1 is 1.11 bits per heavy atom. The molecule has 94 valence electrons. The van der Waals surface area contributed by atoms with Crippen molar-refractivity contribution in [3.8, 4) is 11.5 Å². The Hall–Kier alpha value is -0.740. The van der Waals surface area contributed by atoms with E-state index in [2.05, 4.69) is 15.9 Å². The van der Waals surface area contributed by atoms with E-state index < -0.39 is 0 Å². The molecule has 5 heteroatoms. The molecule has 0 fully saturated rings. The second-order valence-corrected chi connectivity index (χ2v) is 5.44. The van der Waals surface area contributed by atoms with Crippen molar-refractivity contribution in [3.63, 3.8) is 0 Å². The summed E-state index contributed by atoms with van der Waals surface area (Å²) in [5.74, 6) is 1.18. The van der Waals surface area contributed by atoms with Crippen molar-refractivity contribution in [2.24, 2.45) is 5.73 Å². The lowest BCUT2D eigenvalue weighted by Crippen LogP contribution is -1.96. The molecule has 0 saturated heterocycles. The SMILES string of the molecule is NCc1cc(Br)cc(Oc2cc(Cl)ccc2Cl)c1. The lowest BCUT2D eigenvalue weighted by atomic mass is 10.2. The topological polar surface area (TPSA) is 35.2 Å². The minimum absolute atomic E-state index is 0.444. The molecule has 2 aromatic carbocycles. The lowest BCUT2D eigenvalue weighted by molar-refractivity contribution is 0.482. The Morgan fingerprint density at radius 3 is 2.61 bits per heavy atom. The van der Waals surface area contributed by atoms with E-state index >= 15 is 0 Å². The lowest BCUT2D eigenvalue weighted by Gasteiger charge is -2.09. The second-order valence-electron chi connectivity index (χ2n) is 3.68. The summed E-state index contributed by atoms with van der Waals surface area (Å²) in [4.78, 5) is 0. The molecule has 0 saturated carbocycles. The summed E-state index contributed by atoms with van der Waals surface area (Å²) in [6, 6.07) is 10.7. The van der Waals surface area contributed by atoms with Crippen LogP contribution in [0.2, 0.25) is 10.0 Å². The third-order valence-electron chi connectivity index (χ3n) is 2.29. The normalized spacial score (nSPS) is 10.4. The van der Waals surface area contributed by atoms with E-state index in [1.54, 1.807) is 18.2 Å². The van der Waals surface area contributed by atoms with E-state index in [1.807, 2.05) is 18.2 Å². The van der Waals surface area contributed by atoms with Gasteiger partial charge >= 0.3 is 0 Å². The molecule has 2 N–H and O–H groups in total. The summed E-state index contributed by atoms with van der Waals surface area (Å²) in [5.41, 5.74) is 6.58. The van der Waals surface area contributed by atoms with E-state index in [0.717, 1.165) is 10.0 Å². The molecule has 18 heavy (non-hydrogen) atoms. The summed E-state index contributed by atoms with van der Waals surface area (Å²) in [6.45, 7) is 0.444. The molecule has 0 heterocycles. The first-order valence-electron chi connectivity index (χ1n) is 5.21. The summed E-state index contributed by atoms with van der Waals surface area (Å²) >= 11 is 15.4. The quantitative estimate of drug-likeness (QED) is 0.848. The minimum atomic E-state index is 0.444. The zero-order valence-electron chi connectivity index (χ0n) is 9.29. The number of rotatable bonds is 3. The predicted molar refractivity (Wildman–Crippen MR) is 78.6 cm³/mol.